The zero-order valence-electron chi connectivity index (χ0n) is 11.7. The SMILES string of the molecule is CO[C@@H]1CSC2(C1)CN(c1cc(N(C)C)ncn1)C2. The van der Waals surface area contributed by atoms with E-state index in [0.29, 0.717) is 10.9 Å². The molecule has 3 heterocycles. The Bertz CT molecular complexity index is 462. The van der Waals surface area contributed by atoms with E-state index in [1.54, 1.807) is 6.33 Å². The van der Waals surface area contributed by atoms with Gasteiger partial charge in [-0.05, 0) is 6.42 Å². The van der Waals surface area contributed by atoms with Gasteiger partial charge in [0, 0.05) is 46.1 Å². The number of hydrogen-bond donors (Lipinski definition) is 0. The number of methoxy groups -OCH3 is 1. The summed E-state index contributed by atoms with van der Waals surface area (Å²) in [6.07, 6.45) is 3.24. The van der Waals surface area contributed by atoms with E-state index in [0.717, 1.165) is 36.9 Å². The Labute approximate surface area is 118 Å². The number of rotatable bonds is 3. The van der Waals surface area contributed by atoms with Crippen LogP contribution in [0.3, 0.4) is 0 Å². The van der Waals surface area contributed by atoms with E-state index in [1.165, 1.54) is 0 Å². The fourth-order valence-electron chi connectivity index (χ4n) is 2.74. The average Bonchev–Trinajstić information content (AvgIpc) is 2.81. The Morgan fingerprint density at radius 3 is 2.84 bits per heavy atom. The van der Waals surface area contributed by atoms with Gasteiger partial charge >= 0.3 is 0 Å². The number of nitrogens with zero attached hydrogens (tertiary/aromatic N) is 4. The van der Waals surface area contributed by atoms with Gasteiger partial charge in [0.15, 0.2) is 0 Å². The van der Waals surface area contributed by atoms with Gasteiger partial charge in [-0.15, -0.1) is 11.8 Å². The molecule has 104 valence electrons. The quantitative estimate of drug-likeness (QED) is 0.830. The Balaban J connectivity index is 1.66. The minimum Gasteiger partial charge on any atom is -0.381 e. The molecule has 0 radical (unpaired) electrons. The van der Waals surface area contributed by atoms with E-state index < -0.39 is 0 Å². The predicted octanol–water partition coefficient (Wildman–Crippen LogP) is 1.25. The molecule has 0 amide bonds. The molecule has 2 saturated heterocycles. The average molecular weight is 280 g/mol. The predicted molar refractivity (Wildman–Crippen MR) is 79.2 cm³/mol. The molecule has 1 aromatic rings. The van der Waals surface area contributed by atoms with E-state index in [9.17, 15) is 0 Å². The second-order valence-electron chi connectivity index (χ2n) is 5.54. The monoisotopic (exact) mass is 280 g/mol. The van der Waals surface area contributed by atoms with Crippen LogP contribution in [0.4, 0.5) is 11.6 Å². The zero-order chi connectivity index (χ0) is 13.5. The number of hydrogen-bond acceptors (Lipinski definition) is 6. The van der Waals surface area contributed by atoms with Crippen LogP contribution in [0, 0.1) is 0 Å². The van der Waals surface area contributed by atoms with E-state index in [4.69, 9.17) is 4.74 Å². The second kappa shape index (κ2) is 4.83. The summed E-state index contributed by atoms with van der Waals surface area (Å²) in [6, 6.07) is 2.06. The summed E-state index contributed by atoms with van der Waals surface area (Å²) in [5.74, 6) is 3.11. The molecule has 0 bridgehead atoms. The highest BCUT2D eigenvalue weighted by Gasteiger charge is 2.49. The van der Waals surface area contributed by atoms with Crippen LogP contribution in [0.5, 0.6) is 0 Å². The molecular formula is C13H20N4OS. The lowest BCUT2D eigenvalue weighted by Crippen LogP contribution is -2.59. The minimum atomic E-state index is 0.393. The van der Waals surface area contributed by atoms with Crippen molar-refractivity contribution in [3.05, 3.63) is 12.4 Å². The fourth-order valence-corrected chi connectivity index (χ4v) is 4.33. The maximum absolute atomic E-state index is 5.46. The molecule has 2 aliphatic heterocycles. The van der Waals surface area contributed by atoms with Crippen molar-refractivity contribution < 1.29 is 4.74 Å². The third kappa shape index (κ3) is 2.39. The normalized spacial score (nSPS) is 24.6. The van der Waals surface area contributed by atoms with Gasteiger partial charge in [-0.1, -0.05) is 0 Å². The van der Waals surface area contributed by atoms with Crippen LogP contribution in [0.15, 0.2) is 12.4 Å². The lowest BCUT2D eigenvalue weighted by atomic mass is 9.93. The van der Waals surface area contributed by atoms with Gasteiger partial charge in [-0.2, -0.15) is 0 Å². The first kappa shape index (κ1) is 13.0. The largest absolute Gasteiger partial charge is 0.381 e. The van der Waals surface area contributed by atoms with Crippen molar-refractivity contribution in [1.82, 2.24) is 9.97 Å². The summed E-state index contributed by atoms with van der Waals surface area (Å²) in [5, 5.41) is 0. The molecule has 0 aromatic carbocycles. The van der Waals surface area contributed by atoms with Crippen molar-refractivity contribution in [2.45, 2.75) is 17.3 Å². The van der Waals surface area contributed by atoms with Crippen molar-refractivity contribution in [2.24, 2.45) is 0 Å². The molecule has 0 N–H and O–H groups in total. The molecule has 2 fully saturated rings. The van der Waals surface area contributed by atoms with Gasteiger partial charge in [-0.25, -0.2) is 9.97 Å². The van der Waals surface area contributed by atoms with Crippen molar-refractivity contribution >= 4 is 23.4 Å². The number of aromatic nitrogens is 2. The van der Waals surface area contributed by atoms with E-state index >= 15 is 0 Å². The van der Waals surface area contributed by atoms with Crippen LogP contribution < -0.4 is 9.80 Å². The summed E-state index contributed by atoms with van der Waals surface area (Å²) < 4.78 is 5.85. The summed E-state index contributed by atoms with van der Waals surface area (Å²) in [4.78, 5) is 13.0. The van der Waals surface area contributed by atoms with Crippen molar-refractivity contribution in [3.8, 4) is 0 Å². The molecule has 0 saturated carbocycles. The highest BCUT2D eigenvalue weighted by molar-refractivity contribution is 8.01. The zero-order valence-corrected chi connectivity index (χ0v) is 12.5. The summed E-state index contributed by atoms with van der Waals surface area (Å²) >= 11 is 2.05. The summed E-state index contributed by atoms with van der Waals surface area (Å²) in [5.41, 5.74) is 0. The molecule has 1 atom stereocenters. The Kier molecular flexibility index (Phi) is 3.30. The van der Waals surface area contributed by atoms with Crippen LogP contribution in [-0.2, 0) is 4.74 Å². The smallest absolute Gasteiger partial charge is 0.134 e. The molecule has 19 heavy (non-hydrogen) atoms. The maximum atomic E-state index is 5.46. The summed E-state index contributed by atoms with van der Waals surface area (Å²) in [6.45, 7) is 2.14. The molecule has 0 unspecified atom stereocenters. The van der Waals surface area contributed by atoms with Crippen LogP contribution in [-0.4, -0.2) is 60.9 Å². The maximum Gasteiger partial charge on any atom is 0.134 e. The fraction of sp³-hybridized carbons (Fsp3) is 0.692. The minimum absolute atomic E-state index is 0.393. The Morgan fingerprint density at radius 2 is 2.21 bits per heavy atom. The number of anilines is 2. The molecule has 1 aromatic heterocycles. The Morgan fingerprint density at radius 1 is 1.42 bits per heavy atom. The topological polar surface area (TPSA) is 41.5 Å². The van der Waals surface area contributed by atoms with E-state index in [-0.39, 0.29) is 0 Å². The van der Waals surface area contributed by atoms with Crippen molar-refractivity contribution in [2.75, 3.05) is 49.8 Å². The molecule has 5 nitrogen and oxygen atoms in total. The number of ether oxygens (including phenoxy) is 1. The van der Waals surface area contributed by atoms with Gasteiger partial charge in [-0.3, -0.25) is 0 Å². The third-order valence-corrected chi connectivity index (χ3v) is 5.46. The van der Waals surface area contributed by atoms with Crippen LogP contribution >= 0.6 is 11.8 Å². The lowest BCUT2D eigenvalue weighted by molar-refractivity contribution is 0.109. The first-order valence-electron chi connectivity index (χ1n) is 6.53. The van der Waals surface area contributed by atoms with Gasteiger partial charge in [0.25, 0.3) is 0 Å². The van der Waals surface area contributed by atoms with E-state index in [2.05, 4.69) is 32.7 Å². The van der Waals surface area contributed by atoms with Crippen LogP contribution in [0.2, 0.25) is 0 Å². The van der Waals surface area contributed by atoms with Gasteiger partial charge in [0.1, 0.15) is 18.0 Å². The molecular weight excluding hydrogens is 260 g/mol. The molecule has 3 rings (SSSR count). The van der Waals surface area contributed by atoms with Crippen molar-refractivity contribution in [1.29, 1.82) is 0 Å². The van der Waals surface area contributed by atoms with Gasteiger partial charge < -0.3 is 14.5 Å². The van der Waals surface area contributed by atoms with Gasteiger partial charge in [0.05, 0.1) is 10.9 Å². The summed E-state index contributed by atoms with van der Waals surface area (Å²) in [7, 11) is 5.81. The Hall–Kier alpha value is -1.01. The number of thioether (sulfide) groups is 1. The first-order valence-corrected chi connectivity index (χ1v) is 7.51. The third-order valence-electron chi connectivity index (χ3n) is 3.89. The van der Waals surface area contributed by atoms with Crippen LogP contribution in [0.1, 0.15) is 6.42 Å². The highest BCUT2D eigenvalue weighted by Crippen LogP contribution is 2.46. The van der Waals surface area contributed by atoms with Gasteiger partial charge in [0.2, 0.25) is 0 Å². The van der Waals surface area contributed by atoms with Crippen LogP contribution in [0.25, 0.3) is 0 Å². The molecule has 2 aliphatic rings. The lowest BCUT2D eigenvalue weighted by Gasteiger charge is -2.48. The standard InChI is InChI=1S/C13H20N4OS/c1-16(2)11-4-12(15-9-14-11)17-7-13(8-17)5-10(18-3)6-19-13/h4,9-10H,5-8H2,1-3H3/t10-/m0/s1. The van der Waals surface area contributed by atoms with Crippen molar-refractivity contribution in [3.63, 3.8) is 0 Å². The molecule has 6 heteroatoms. The van der Waals surface area contributed by atoms with E-state index in [1.807, 2.05) is 26.1 Å². The highest BCUT2D eigenvalue weighted by atomic mass is 32.2. The molecule has 0 aliphatic carbocycles. The first-order chi connectivity index (χ1) is 9.12. The second-order valence-corrected chi connectivity index (χ2v) is 7.03. The molecule has 1 spiro atoms.